The Morgan fingerprint density at radius 3 is 2.50 bits per heavy atom. The van der Waals surface area contributed by atoms with Gasteiger partial charge in [-0.1, -0.05) is 48.7 Å². The highest BCUT2D eigenvalue weighted by atomic mass is 32.2. The van der Waals surface area contributed by atoms with Crippen molar-refractivity contribution in [1.82, 2.24) is 10.0 Å². The van der Waals surface area contributed by atoms with Crippen molar-refractivity contribution in [3.05, 3.63) is 59.2 Å². The van der Waals surface area contributed by atoms with Crippen molar-refractivity contribution in [2.45, 2.75) is 32.7 Å². The second kappa shape index (κ2) is 12.1. The zero-order valence-electron chi connectivity index (χ0n) is 18.7. The molecule has 0 aliphatic rings. The molecule has 8 heteroatoms. The first-order chi connectivity index (χ1) is 15.3. The Labute approximate surface area is 190 Å². The van der Waals surface area contributed by atoms with Crippen LogP contribution in [0.25, 0.3) is 0 Å². The molecule has 0 heterocycles. The van der Waals surface area contributed by atoms with Gasteiger partial charge in [0.15, 0.2) is 11.5 Å². The number of carbonyl (C=O) groups is 1. The fourth-order valence-corrected chi connectivity index (χ4v) is 4.33. The monoisotopic (exact) mass is 458 g/mol. The molecule has 7 nitrogen and oxygen atoms in total. The molecule has 0 radical (unpaired) electrons. The molecule has 2 aromatic carbocycles. The van der Waals surface area contributed by atoms with Crippen LogP contribution in [0.15, 0.2) is 42.5 Å². The van der Waals surface area contributed by atoms with E-state index in [-0.39, 0.29) is 12.4 Å². The summed E-state index contributed by atoms with van der Waals surface area (Å²) in [5, 5.41) is 2.83. The van der Waals surface area contributed by atoms with E-state index in [0.29, 0.717) is 36.4 Å². The molecular weight excluding hydrogens is 428 g/mol. The van der Waals surface area contributed by atoms with Gasteiger partial charge in [0, 0.05) is 6.54 Å². The van der Waals surface area contributed by atoms with Gasteiger partial charge in [0.25, 0.3) is 0 Å². The summed E-state index contributed by atoms with van der Waals surface area (Å²) in [4.78, 5) is 12.9. The van der Waals surface area contributed by atoms with Gasteiger partial charge >= 0.3 is 0 Å². The number of methoxy groups -OCH3 is 1. The summed E-state index contributed by atoms with van der Waals surface area (Å²) < 4.78 is 38.0. The molecule has 172 valence electrons. The molecular formula is C24H30N2O5S. The quantitative estimate of drug-likeness (QED) is 0.477. The Bertz CT molecular complexity index is 1040. The van der Waals surface area contributed by atoms with Crippen LogP contribution >= 0.6 is 0 Å². The van der Waals surface area contributed by atoms with Crippen LogP contribution in [0.1, 0.15) is 36.1 Å². The van der Waals surface area contributed by atoms with Gasteiger partial charge in [-0.25, -0.2) is 8.42 Å². The number of aryl methyl sites for hydroxylation is 1. The Kier molecular flexibility index (Phi) is 9.57. The first-order valence-corrected chi connectivity index (χ1v) is 12.0. The summed E-state index contributed by atoms with van der Waals surface area (Å²) in [6.45, 7) is 4.17. The average molecular weight is 459 g/mol. The molecule has 1 atom stereocenters. The fraction of sp³-hybridized carbons (Fsp3) is 0.375. The van der Waals surface area contributed by atoms with Crippen molar-refractivity contribution in [3.63, 3.8) is 0 Å². The highest BCUT2D eigenvalue weighted by Gasteiger charge is 2.25. The van der Waals surface area contributed by atoms with E-state index in [1.807, 2.05) is 31.2 Å². The molecule has 2 aromatic rings. The highest BCUT2D eigenvalue weighted by Crippen LogP contribution is 2.28. The van der Waals surface area contributed by atoms with Crippen LogP contribution in [-0.4, -0.2) is 40.3 Å². The van der Waals surface area contributed by atoms with Gasteiger partial charge < -0.3 is 14.8 Å². The molecule has 0 spiro atoms. The van der Waals surface area contributed by atoms with Gasteiger partial charge in [-0.05, 0) is 43.0 Å². The van der Waals surface area contributed by atoms with Crippen LogP contribution in [0.5, 0.6) is 11.5 Å². The first kappa shape index (κ1) is 25.2. The van der Waals surface area contributed by atoms with Gasteiger partial charge in [0.2, 0.25) is 15.9 Å². The van der Waals surface area contributed by atoms with Crippen LogP contribution in [0.2, 0.25) is 0 Å². The van der Waals surface area contributed by atoms with Crippen molar-refractivity contribution in [1.29, 1.82) is 0 Å². The largest absolute Gasteiger partial charge is 0.493 e. The molecule has 2 N–H and O–H groups in total. The highest BCUT2D eigenvalue weighted by molar-refractivity contribution is 7.89. The minimum Gasteiger partial charge on any atom is -0.493 e. The Morgan fingerprint density at radius 1 is 1.16 bits per heavy atom. The second-order valence-electron chi connectivity index (χ2n) is 7.30. The van der Waals surface area contributed by atoms with Gasteiger partial charge in [-0.3, -0.25) is 4.79 Å². The topological polar surface area (TPSA) is 93.7 Å². The lowest BCUT2D eigenvalue weighted by molar-refractivity contribution is -0.122. The van der Waals surface area contributed by atoms with Crippen LogP contribution in [0.3, 0.4) is 0 Å². The van der Waals surface area contributed by atoms with Crippen molar-refractivity contribution in [2.24, 2.45) is 0 Å². The summed E-state index contributed by atoms with van der Waals surface area (Å²) >= 11 is 0. The molecule has 0 saturated heterocycles. The van der Waals surface area contributed by atoms with E-state index in [2.05, 4.69) is 16.0 Å². The number of sulfonamides is 1. The smallest absolute Gasteiger partial charge is 0.242 e. The number of terminal acetylenes is 1. The molecule has 0 saturated carbocycles. The van der Waals surface area contributed by atoms with Gasteiger partial charge in [-0.15, -0.1) is 6.42 Å². The summed E-state index contributed by atoms with van der Waals surface area (Å²) in [5.74, 6) is 3.05. The third-order valence-corrected chi connectivity index (χ3v) is 6.24. The minimum atomic E-state index is -3.59. The van der Waals surface area contributed by atoms with Crippen molar-refractivity contribution >= 4 is 15.9 Å². The van der Waals surface area contributed by atoms with Crippen LogP contribution < -0.4 is 19.5 Å². The Balaban J connectivity index is 2.08. The van der Waals surface area contributed by atoms with Crippen molar-refractivity contribution in [2.75, 3.05) is 26.0 Å². The van der Waals surface area contributed by atoms with Crippen molar-refractivity contribution < 1.29 is 22.7 Å². The second-order valence-corrected chi connectivity index (χ2v) is 9.17. The van der Waals surface area contributed by atoms with E-state index in [1.54, 1.807) is 25.1 Å². The minimum absolute atomic E-state index is 0.0451. The van der Waals surface area contributed by atoms with E-state index in [4.69, 9.17) is 15.9 Å². The Hall–Kier alpha value is -3.02. The number of hydrogen-bond donors (Lipinski definition) is 2. The lowest BCUT2D eigenvalue weighted by Crippen LogP contribution is -2.41. The lowest BCUT2D eigenvalue weighted by Gasteiger charge is -2.19. The average Bonchev–Trinajstić information content (AvgIpc) is 2.77. The molecule has 0 aromatic heterocycles. The zero-order valence-corrected chi connectivity index (χ0v) is 19.5. The lowest BCUT2D eigenvalue weighted by atomic mass is 10.1. The number of amides is 1. The third-order valence-electron chi connectivity index (χ3n) is 4.70. The molecule has 0 aliphatic carbocycles. The molecule has 2 rings (SSSR count). The number of hydrogen-bond acceptors (Lipinski definition) is 5. The summed E-state index contributed by atoms with van der Waals surface area (Å²) in [6.07, 6.45) is 6.21. The normalized spacial score (nSPS) is 11.9. The van der Waals surface area contributed by atoms with Crippen LogP contribution in [0, 0.1) is 19.3 Å². The number of nitrogens with one attached hydrogen (secondary N) is 2. The molecule has 32 heavy (non-hydrogen) atoms. The fourth-order valence-electron chi connectivity index (χ4n) is 3.08. The molecule has 0 bridgehead atoms. The predicted molar refractivity (Wildman–Crippen MR) is 125 cm³/mol. The molecule has 1 amide bonds. The molecule has 0 aliphatic heterocycles. The van der Waals surface area contributed by atoms with E-state index in [0.717, 1.165) is 11.1 Å². The number of carbonyl (C=O) groups excluding carboxylic acids is 1. The van der Waals surface area contributed by atoms with E-state index < -0.39 is 22.0 Å². The van der Waals surface area contributed by atoms with E-state index in [9.17, 15) is 13.2 Å². The first-order valence-electron chi connectivity index (χ1n) is 10.4. The van der Waals surface area contributed by atoms with Crippen LogP contribution in [0.4, 0.5) is 0 Å². The van der Waals surface area contributed by atoms with Gasteiger partial charge in [0.1, 0.15) is 12.6 Å². The summed E-state index contributed by atoms with van der Waals surface area (Å²) in [7, 11) is -2.05. The maximum absolute atomic E-state index is 12.9. The number of ether oxygens (including phenoxy) is 2. The van der Waals surface area contributed by atoms with Gasteiger partial charge in [0.05, 0.1) is 12.9 Å². The van der Waals surface area contributed by atoms with Crippen LogP contribution in [-0.2, 0) is 21.2 Å². The number of benzene rings is 2. The molecule has 1 unspecified atom stereocenters. The zero-order chi connectivity index (χ0) is 23.6. The Morgan fingerprint density at radius 2 is 1.88 bits per heavy atom. The van der Waals surface area contributed by atoms with Gasteiger partial charge in [-0.2, -0.15) is 4.72 Å². The maximum Gasteiger partial charge on any atom is 0.242 e. The van der Waals surface area contributed by atoms with E-state index in [1.165, 1.54) is 7.11 Å². The summed E-state index contributed by atoms with van der Waals surface area (Å²) in [6, 6.07) is 11.7. The summed E-state index contributed by atoms with van der Waals surface area (Å²) in [5.41, 5.74) is 2.53. The maximum atomic E-state index is 12.9. The van der Waals surface area contributed by atoms with Crippen molar-refractivity contribution in [3.8, 4) is 23.8 Å². The number of rotatable bonds is 12. The SMILES string of the molecule is C#CCOc1ccc(CCNC(=O)C(NS(=O)(=O)CCC)c2ccc(C)cc2)cc1OC. The third kappa shape index (κ3) is 7.59. The molecule has 0 fully saturated rings. The predicted octanol–water partition coefficient (Wildman–Crippen LogP) is 2.75. The standard InChI is InChI=1S/C24H30N2O5S/c1-5-15-31-21-12-9-19(17-22(21)30-4)13-14-25-24(27)23(26-32(28,29)16-6-2)20-10-7-18(3)8-11-20/h1,7-12,17,23,26H,6,13-16H2,2-4H3,(H,25,27). The van der Waals surface area contributed by atoms with E-state index >= 15 is 0 Å².